The number of aliphatic hydroxyl groups is 1. The van der Waals surface area contributed by atoms with Gasteiger partial charge in [0.05, 0.1) is 29.7 Å². The second kappa shape index (κ2) is 9.66. The first-order valence-corrected chi connectivity index (χ1v) is 10.6. The molecule has 0 aromatic carbocycles. The van der Waals surface area contributed by atoms with Gasteiger partial charge >= 0.3 is 5.97 Å². The van der Waals surface area contributed by atoms with Crippen molar-refractivity contribution in [1.29, 1.82) is 0 Å². The molecule has 0 bridgehead atoms. The Morgan fingerprint density at radius 1 is 1.15 bits per heavy atom. The van der Waals surface area contributed by atoms with Gasteiger partial charge in [-0.3, -0.25) is 9.59 Å². The molecule has 0 spiro atoms. The third-order valence-electron chi connectivity index (χ3n) is 4.79. The molecular weight excluding hydrogens is 360 g/mol. The Morgan fingerprint density at radius 3 is 2.04 bits per heavy atom. The normalized spacial score (nSPS) is 16.4. The second-order valence-corrected chi connectivity index (χ2v) is 9.90. The van der Waals surface area contributed by atoms with Crippen LogP contribution >= 0.6 is 0 Å². The fourth-order valence-electron chi connectivity index (χ4n) is 2.12. The van der Waals surface area contributed by atoms with Crippen molar-refractivity contribution in [2.24, 2.45) is 17.3 Å². The lowest BCUT2D eigenvalue weighted by Gasteiger charge is -2.30. The topological polar surface area (TPSA) is 124 Å². The number of hydrogen-bond donors (Lipinski definition) is 3. The van der Waals surface area contributed by atoms with E-state index in [2.05, 4.69) is 5.32 Å². The average Bonchev–Trinajstić information content (AvgIpc) is 2.48. The molecule has 1 unspecified atom stereocenters. The Morgan fingerprint density at radius 2 is 1.65 bits per heavy atom. The van der Waals surface area contributed by atoms with Crippen LogP contribution in [0.25, 0.3) is 0 Å². The summed E-state index contributed by atoms with van der Waals surface area (Å²) >= 11 is 0. The van der Waals surface area contributed by atoms with E-state index in [9.17, 15) is 28.2 Å². The quantitative estimate of drug-likeness (QED) is 0.478. The molecule has 0 aliphatic carbocycles. The molecule has 9 heteroatoms. The molecule has 8 nitrogen and oxygen atoms in total. The van der Waals surface area contributed by atoms with Crippen LogP contribution in [-0.4, -0.2) is 66.3 Å². The van der Waals surface area contributed by atoms with Crippen molar-refractivity contribution in [2.75, 3.05) is 19.3 Å². The van der Waals surface area contributed by atoms with Gasteiger partial charge in [-0.25, -0.2) is 8.42 Å². The Kier molecular flexibility index (Phi) is 9.22. The highest BCUT2D eigenvalue weighted by Crippen LogP contribution is 2.27. The lowest BCUT2D eigenvalue weighted by atomic mass is 9.79. The molecule has 3 N–H and O–H groups in total. The van der Waals surface area contributed by atoms with Crippen LogP contribution in [0.1, 0.15) is 48.0 Å². The molecule has 0 aliphatic rings. The minimum Gasteiger partial charge on any atom is -0.481 e. The first kappa shape index (κ1) is 24.8. The molecule has 0 saturated heterocycles. The van der Waals surface area contributed by atoms with Crippen LogP contribution in [0.15, 0.2) is 0 Å². The monoisotopic (exact) mass is 394 g/mol. The van der Waals surface area contributed by atoms with Crippen molar-refractivity contribution in [1.82, 2.24) is 9.62 Å². The molecule has 0 aromatic heterocycles. The molecule has 0 aromatic rings. The summed E-state index contributed by atoms with van der Waals surface area (Å²) in [5.74, 6) is -2.10. The van der Waals surface area contributed by atoms with Crippen molar-refractivity contribution in [3.8, 4) is 0 Å². The fourth-order valence-corrected chi connectivity index (χ4v) is 2.98. The van der Waals surface area contributed by atoms with Gasteiger partial charge in [0.15, 0.2) is 0 Å². The minimum absolute atomic E-state index is 0.135. The van der Waals surface area contributed by atoms with Gasteiger partial charge in [-0.2, -0.15) is 4.31 Å². The minimum atomic E-state index is -3.49. The number of carboxylic acid groups (broad SMARTS) is 1. The van der Waals surface area contributed by atoms with Crippen molar-refractivity contribution in [3.05, 3.63) is 0 Å². The van der Waals surface area contributed by atoms with Crippen molar-refractivity contribution in [3.63, 3.8) is 0 Å². The molecule has 0 radical (unpaired) electrons. The van der Waals surface area contributed by atoms with Crippen LogP contribution in [0.5, 0.6) is 0 Å². The van der Waals surface area contributed by atoms with Crippen molar-refractivity contribution in [2.45, 2.75) is 60.1 Å². The van der Waals surface area contributed by atoms with Gasteiger partial charge in [0.25, 0.3) is 0 Å². The molecule has 0 aliphatic heterocycles. The Hall–Kier alpha value is -1.19. The van der Waals surface area contributed by atoms with Gasteiger partial charge in [0, 0.05) is 13.1 Å². The largest absolute Gasteiger partial charge is 0.481 e. The molecule has 1 amide bonds. The first-order valence-electron chi connectivity index (χ1n) is 8.77. The van der Waals surface area contributed by atoms with E-state index in [1.54, 1.807) is 6.92 Å². The van der Waals surface area contributed by atoms with Gasteiger partial charge in [0.2, 0.25) is 15.9 Å². The number of amides is 1. The van der Waals surface area contributed by atoms with Crippen molar-refractivity contribution >= 4 is 21.9 Å². The molecule has 26 heavy (non-hydrogen) atoms. The average molecular weight is 395 g/mol. The maximum Gasteiger partial charge on any atom is 0.309 e. The number of rotatable bonds is 11. The van der Waals surface area contributed by atoms with E-state index in [-0.39, 0.29) is 13.1 Å². The molecule has 3 atom stereocenters. The molecule has 0 saturated carbocycles. The lowest BCUT2D eigenvalue weighted by Crippen LogP contribution is -2.51. The smallest absolute Gasteiger partial charge is 0.309 e. The number of carboxylic acids is 1. The number of aliphatic carboxylic acids is 1. The third kappa shape index (κ3) is 7.59. The van der Waals surface area contributed by atoms with E-state index in [4.69, 9.17) is 0 Å². The Bertz CT molecular complexity index is 588. The van der Waals surface area contributed by atoms with E-state index in [1.165, 1.54) is 25.1 Å². The lowest BCUT2D eigenvalue weighted by molar-refractivity contribution is -0.153. The zero-order valence-corrected chi connectivity index (χ0v) is 17.6. The van der Waals surface area contributed by atoms with Gasteiger partial charge in [-0.05, 0) is 33.1 Å². The maximum absolute atomic E-state index is 12.3. The number of aliphatic hydroxyl groups excluding tert-OH is 1. The fraction of sp³-hybridized carbons (Fsp3) is 0.882. The number of sulfonamides is 1. The van der Waals surface area contributed by atoms with Gasteiger partial charge < -0.3 is 15.5 Å². The number of carbonyl (C=O) groups excluding carboxylic acids is 1. The molecule has 0 rings (SSSR count). The van der Waals surface area contributed by atoms with Gasteiger partial charge in [-0.15, -0.1) is 0 Å². The number of nitrogens with one attached hydrogen (secondary N) is 1. The summed E-state index contributed by atoms with van der Waals surface area (Å²) in [6.45, 7) is 10.1. The standard InChI is InChI=1S/C17H34N2O6S/c1-11(2)8-9-19(26(7,24)25)10-14(20)13(4)18-15(21)12(3)17(5,6)16(22)23/h11-14,20H,8-10H2,1-7H3,(H,18,21)(H,22,23)/t12?,13-,14+/m0/s1. The summed E-state index contributed by atoms with van der Waals surface area (Å²) in [6, 6.07) is -0.724. The predicted octanol–water partition coefficient (Wildman–Crippen LogP) is 0.907. The highest BCUT2D eigenvalue weighted by atomic mass is 32.2. The maximum atomic E-state index is 12.3. The summed E-state index contributed by atoms with van der Waals surface area (Å²) in [6.07, 6.45) is 0.631. The van der Waals surface area contributed by atoms with Crippen LogP contribution in [0.2, 0.25) is 0 Å². The molecule has 0 heterocycles. The highest BCUT2D eigenvalue weighted by Gasteiger charge is 2.39. The van der Waals surface area contributed by atoms with Crippen molar-refractivity contribution < 1.29 is 28.2 Å². The zero-order valence-electron chi connectivity index (χ0n) is 16.8. The molecule has 154 valence electrons. The zero-order chi connectivity index (χ0) is 20.9. The molecular formula is C17H34N2O6S. The van der Waals surface area contributed by atoms with Crippen LogP contribution < -0.4 is 5.32 Å². The van der Waals surface area contributed by atoms with E-state index < -0.39 is 45.4 Å². The Labute approximate surface area is 157 Å². The first-order chi connectivity index (χ1) is 11.6. The number of carbonyl (C=O) groups is 2. The Balaban J connectivity index is 4.95. The van der Waals surface area contributed by atoms with E-state index in [0.29, 0.717) is 12.3 Å². The second-order valence-electron chi connectivity index (χ2n) is 7.92. The van der Waals surface area contributed by atoms with E-state index >= 15 is 0 Å². The SMILES string of the molecule is CC(C)CCN(C[C@@H](O)[C@H](C)NC(=O)C(C)C(C)(C)C(=O)O)S(C)(=O)=O. The van der Waals surface area contributed by atoms with Crippen LogP contribution in [0.3, 0.4) is 0 Å². The summed E-state index contributed by atoms with van der Waals surface area (Å²) in [5, 5.41) is 22.1. The van der Waals surface area contributed by atoms with E-state index in [1.807, 2.05) is 13.8 Å². The van der Waals surface area contributed by atoms with Gasteiger partial charge in [0.1, 0.15) is 0 Å². The molecule has 0 fully saturated rings. The van der Waals surface area contributed by atoms with Crippen LogP contribution in [-0.2, 0) is 19.6 Å². The summed E-state index contributed by atoms with van der Waals surface area (Å²) in [7, 11) is -3.49. The van der Waals surface area contributed by atoms with Crippen LogP contribution in [0, 0.1) is 17.3 Å². The number of hydrogen-bond acceptors (Lipinski definition) is 5. The summed E-state index contributed by atoms with van der Waals surface area (Å²) in [4.78, 5) is 23.6. The van der Waals surface area contributed by atoms with E-state index in [0.717, 1.165) is 6.26 Å². The van der Waals surface area contributed by atoms with Gasteiger partial charge in [-0.1, -0.05) is 20.8 Å². The highest BCUT2D eigenvalue weighted by molar-refractivity contribution is 7.88. The van der Waals surface area contributed by atoms with Crippen LogP contribution in [0.4, 0.5) is 0 Å². The predicted molar refractivity (Wildman–Crippen MR) is 100 cm³/mol. The summed E-state index contributed by atoms with van der Waals surface area (Å²) in [5.41, 5.74) is -1.26. The summed E-state index contributed by atoms with van der Waals surface area (Å²) < 4.78 is 25.0. The number of nitrogens with zero attached hydrogens (tertiary/aromatic N) is 1. The third-order valence-corrected chi connectivity index (χ3v) is 6.06.